The number of halogens is 1. The van der Waals surface area contributed by atoms with Crippen LogP contribution in [0.15, 0.2) is 28.9 Å². The van der Waals surface area contributed by atoms with Gasteiger partial charge in [0.2, 0.25) is 5.91 Å². The third-order valence-corrected chi connectivity index (χ3v) is 6.31. The van der Waals surface area contributed by atoms with Crippen molar-refractivity contribution in [1.29, 1.82) is 0 Å². The number of ether oxygens (including phenoxy) is 1. The molecule has 1 aliphatic carbocycles. The Kier molecular flexibility index (Phi) is 5.42. The maximum atomic E-state index is 12.7. The van der Waals surface area contributed by atoms with E-state index >= 15 is 0 Å². The molecular formula is C21H20ClNO4S. The molecule has 5 nitrogen and oxygen atoms in total. The van der Waals surface area contributed by atoms with Gasteiger partial charge >= 0.3 is 5.97 Å². The molecule has 1 amide bonds. The van der Waals surface area contributed by atoms with Gasteiger partial charge in [0.1, 0.15) is 10.6 Å². The average molecular weight is 418 g/mol. The number of carbonyl (C=O) groups excluding carboxylic acids is 2. The number of furan rings is 1. The van der Waals surface area contributed by atoms with E-state index in [1.165, 1.54) is 16.2 Å². The number of carbonyl (C=O) groups is 2. The number of nitrogens with one attached hydrogen (secondary N) is 1. The van der Waals surface area contributed by atoms with Crippen LogP contribution in [0.5, 0.6) is 0 Å². The highest BCUT2D eigenvalue weighted by atomic mass is 35.5. The molecule has 0 aliphatic heterocycles. The van der Waals surface area contributed by atoms with Crippen molar-refractivity contribution >= 4 is 50.8 Å². The van der Waals surface area contributed by atoms with Crippen LogP contribution in [-0.4, -0.2) is 18.5 Å². The van der Waals surface area contributed by atoms with Crippen LogP contribution in [0.25, 0.3) is 11.0 Å². The van der Waals surface area contributed by atoms with Gasteiger partial charge in [-0.15, -0.1) is 11.3 Å². The second-order valence-electron chi connectivity index (χ2n) is 6.76. The number of anilines is 1. The topological polar surface area (TPSA) is 68.5 Å². The summed E-state index contributed by atoms with van der Waals surface area (Å²) in [6, 6.07) is 5.32. The van der Waals surface area contributed by atoms with Crippen LogP contribution in [-0.2, 0) is 28.8 Å². The Morgan fingerprint density at radius 3 is 2.93 bits per heavy atom. The number of hydrogen-bond donors (Lipinski definition) is 1. The Morgan fingerprint density at radius 2 is 2.11 bits per heavy atom. The molecular weight excluding hydrogens is 398 g/mol. The van der Waals surface area contributed by atoms with E-state index in [-0.39, 0.29) is 18.3 Å². The minimum absolute atomic E-state index is 0.137. The first-order valence-electron chi connectivity index (χ1n) is 9.34. The monoisotopic (exact) mass is 417 g/mol. The molecule has 0 atom stereocenters. The Labute approximate surface area is 171 Å². The summed E-state index contributed by atoms with van der Waals surface area (Å²) < 4.78 is 10.7. The van der Waals surface area contributed by atoms with E-state index in [1.807, 2.05) is 0 Å². The van der Waals surface area contributed by atoms with Gasteiger partial charge in [-0.1, -0.05) is 11.6 Å². The van der Waals surface area contributed by atoms with Crippen LogP contribution in [0.3, 0.4) is 0 Å². The molecule has 7 heteroatoms. The Balaban J connectivity index is 1.59. The first-order valence-corrected chi connectivity index (χ1v) is 10.5. The largest absolute Gasteiger partial charge is 0.464 e. The minimum Gasteiger partial charge on any atom is -0.464 e. The van der Waals surface area contributed by atoms with Crippen molar-refractivity contribution in [3.8, 4) is 0 Å². The van der Waals surface area contributed by atoms with Crippen molar-refractivity contribution < 1.29 is 18.7 Å². The van der Waals surface area contributed by atoms with Crippen molar-refractivity contribution in [2.75, 3.05) is 11.9 Å². The average Bonchev–Trinajstić information content (AvgIpc) is 3.22. The van der Waals surface area contributed by atoms with Gasteiger partial charge in [-0.25, -0.2) is 4.79 Å². The summed E-state index contributed by atoms with van der Waals surface area (Å²) in [4.78, 5) is 26.4. The SMILES string of the molecule is CCOC(=O)c1c(NC(=O)Cc2coc3ccc(Cl)cc23)sc2c1CCCC2. The van der Waals surface area contributed by atoms with Crippen LogP contribution in [0.4, 0.5) is 5.00 Å². The van der Waals surface area contributed by atoms with Crippen molar-refractivity contribution in [3.63, 3.8) is 0 Å². The van der Waals surface area contributed by atoms with E-state index in [1.54, 1.807) is 31.4 Å². The standard InChI is InChI=1S/C21H20ClNO4S/c1-2-26-21(25)19-14-5-3-4-6-17(14)28-20(19)23-18(24)9-12-11-27-16-8-7-13(22)10-15(12)16/h7-8,10-11H,2-6,9H2,1H3,(H,23,24). The van der Waals surface area contributed by atoms with Gasteiger partial charge in [0, 0.05) is 20.8 Å². The molecule has 1 aromatic carbocycles. The van der Waals surface area contributed by atoms with Gasteiger partial charge < -0.3 is 14.5 Å². The first kappa shape index (κ1) is 19.0. The molecule has 0 unspecified atom stereocenters. The number of rotatable bonds is 5. The molecule has 146 valence electrons. The molecule has 0 radical (unpaired) electrons. The van der Waals surface area contributed by atoms with Gasteiger partial charge in [-0.05, 0) is 56.4 Å². The Hall–Kier alpha value is -2.31. The molecule has 1 aliphatic rings. The summed E-state index contributed by atoms with van der Waals surface area (Å²) in [5.74, 6) is -0.565. The zero-order valence-electron chi connectivity index (χ0n) is 15.5. The van der Waals surface area contributed by atoms with E-state index in [4.69, 9.17) is 20.8 Å². The number of amides is 1. The first-order chi connectivity index (χ1) is 13.6. The second-order valence-corrected chi connectivity index (χ2v) is 8.30. The number of esters is 1. The summed E-state index contributed by atoms with van der Waals surface area (Å²) in [5.41, 5.74) is 3.00. The van der Waals surface area contributed by atoms with E-state index in [0.29, 0.717) is 27.8 Å². The fraction of sp³-hybridized carbons (Fsp3) is 0.333. The predicted molar refractivity (Wildman–Crippen MR) is 110 cm³/mol. The number of aryl methyl sites for hydroxylation is 1. The molecule has 0 saturated carbocycles. The Bertz CT molecular complexity index is 1050. The summed E-state index contributed by atoms with van der Waals surface area (Å²) in [7, 11) is 0. The molecule has 0 spiro atoms. The molecule has 0 saturated heterocycles. The highest BCUT2D eigenvalue weighted by Crippen LogP contribution is 2.38. The number of thiophene rings is 1. The fourth-order valence-electron chi connectivity index (χ4n) is 3.61. The minimum atomic E-state index is -0.363. The molecule has 2 heterocycles. The summed E-state index contributed by atoms with van der Waals surface area (Å²) in [6.45, 7) is 2.09. The van der Waals surface area contributed by atoms with Crippen molar-refractivity contribution in [2.24, 2.45) is 0 Å². The van der Waals surface area contributed by atoms with Gasteiger partial charge in [-0.2, -0.15) is 0 Å². The smallest absolute Gasteiger partial charge is 0.341 e. The highest BCUT2D eigenvalue weighted by molar-refractivity contribution is 7.17. The third kappa shape index (κ3) is 3.66. The van der Waals surface area contributed by atoms with Crippen LogP contribution in [0.2, 0.25) is 5.02 Å². The summed E-state index contributed by atoms with van der Waals surface area (Å²) in [5, 5.41) is 4.92. The third-order valence-electron chi connectivity index (χ3n) is 4.87. The number of fused-ring (bicyclic) bond motifs is 2. The highest BCUT2D eigenvalue weighted by Gasteiger charge is 2.27. The van der Waals surface area contributed by atoms with Crippen molar-refractivity contribution in [2.45, 2.75) is 39.0 Å². The summed E-state index contributed by atoms with van der Waals surface area (Å²) in [6.07, 6.45) is 5.65. The van der Waals surface area contributed by atoms with Crippen molar-refractivity contribution in [3.05, 3.63) is 51.1 Å². The quantitative estimate of drug-likeness (QED) is 0.565. The van der Waals surface area contributed by atoms with Crippen LogP contribution in [0, 0.1) is 0 Å². The second kappa shape index (κ2) is 7.97. The zero-order valence-corrected chi connectivity index (χ0v) is 17.0. The van der Waals surface area contributed by atoms with Gasteiger partial charge in [0.05, 0.1) is 24.9 Å². The van der Waals surface area contributed by atoms with Crippen LogP contribution in [0.1, 0.15) is 46.1 Å². The summed E-state index contributed by atoms with van der Waals surface area (Å²) >= 11 is 7.55. The molecule has 28 heavy (non-hydrogen) atoms. The van der Waals surface area contributed by atoms with E-state index in [9.17, 15) is 9.59 Å². The van der Waals surface area contributed by atoms with Gasteiger partial charge in [-0.3, -0.25) is 4.79 Å². The Morgan fingerprint density at radius 1 is 1.29 bits per heavy atom. The van der Waals surface area contributed by atoms with Gasteiger partial charge in [0.15, 0.2) is 0 Å². The molecule has 3 aromatic rings. The molecule has 4 rings (SSSR count). The lowest BCUT2D eigenvalue weighted by molar-refractivity contribution is -0.115. The lowest BCUT2D eigenvalue weighted by Crippen LogP contribution is -2.17. The lowest BCUT2D eigenvalue weighted by Gasteiger charge is -2.12. The van der Waals surface area contributed by atoms with E-state index in [0.717, 1.165) is 42.2 Å². The normalized spacial score (nSPS) is 13.4. The molecule has 2 aromatic heterocycles. The predicted octanol–water partition coefficient (Wildman–Crippen LogP) is 5.38. The van der Waals surface area contributed by atoms with E-state index in [2.05, 4.69) is 5.32 Å². The maximum absolute atomic E-state index is 12.7. The van der Waals surface area contributed by atoms with E-state index < -0.39 is 0 Å². The molecule has 1 N–H and O–H groups in total. The van der Waals surface area contributed by atoms with Gasteiger partial charge in [0.25, 0.3) is 0 Å². The lowest BCUT2D eigenvalue weighted by atomic mass is 9.95. The zero-order chi connectivity index (χ0) is 19.7. The molecule has 0 bridgehead atoms. The molecule has 0 fully saturated rings. The number of benzene rings is 1. The van der Waals surface area contributed by atoms with Crippen LogP contribution >= 0.6 is 22.9 Å². The van der Waals surface area contributed by atoms with Crippen molar-refractivity contribution in [1.82, 2.24) is 0 Å². The fourth-order valence-corrected chi connectivity index (χ4v) is 5.07. The number of hydrogen-bond acceptors (Lipinski definition) is 5. The van der Waals surface area contributed by atoms with Crippen LogP contribution < -0.4 is 5.32 Å². The maximum Gasteiger partial charge on any atom is 0.341 e.